The third kappa shape index (κ3) is 2.59. The van der Waals surface area contributed by atoms with Crippen LogP contribution in [0.2, 0.25) is 0 Å². The smallest absolute Gasteiger partial charge is 0.277 e. The highest BCUT2D eigenvalue weighted by molar-refractivity contribution is 5.91. The molecule has 0 saturated heterocycles. The molecule has 0 radical (unpaired) electrons. The number of rotatable bonds is 2. The monoisotopic (exact) mass is 245 g/mol. The number of ether oxygens (including phenoxy) is 1. The van der Waals surface area contributed by atoms with Crippen molar-refractivity contribution < 1.29 is 9.66 Å². The molecule has 0 spiro atoms. The van der Waals surface area contributed by atoms with Crippen LogP contribution >= 0.6 is 0 Å². The van der Waals surface area contributed by atoms with Crippen LogP contribution in [0.15, 0.2) is 36.4 Å². The molecule has 2 aromatic rings. The van der Waals surface area contributed by atoms with Crippen LogP contribution in [0.5, 0.6) is 5.75 Å². The molecular weight excluding hydrogens is 230 g/mol. The van der Waals surface area contributed by atoms with Gasteiger partial charge in [-0.3, -0.25) is 10.1 Å². The Hall–Kier alpha value is -2.10. The Morgan fingerprint density at radius 1 is 1.17 bits per heavy atom. The quantitative estimate of drug-likeness (QED) is 0.595. The van der Waals surface area contributed by atoms with Gasteiger partial charge in [0.25, 0.3) is 5.69 Å². The van der Waals surface area contributed by atoms with E-state index >= 15 is 0 Å². The predicted molar refractivity (Wildman–Crippen MR) is 71.0 cm³/mol. The van der Waals surface area contributed by atoms with Crippen LogP contribution in [0.4, 0.5) is 5.69 Å². The fourth-order valence-electron chi connectivity index (χ4n) is 1.81. The first kappa shape index (κ1) is 12.4. The first-order chi connectivity index (χ1) is 8.37. The Morgan fingerprint density at radius 3 is 2.50 bits per heavy atom. The Bertz CT molecular complexity index is 600. The number of fused-ring (bicyclic) bond motifs is 1. The minimum absolute atomic E-state index is 0.104. The number of benzene rings is 2. The number of nitro benzene ring substituents is 1. The van der Waals surface area contributed by atoms with Gasteiger partial charge in [-0.1, -0.05) is 18.2 Å². The van der Waals surface area contributed by atoms with Crippen molar-refractivity contribution in [2.45, 2.75) is 26.4 Å². The lowest BCUT2D eigenvalue weighted by molar-refractivity contribution is -0.383. The summed E-state index contributed by atoms with van der Waals surface area (Å²) in [5.74, 6) is 0.643. The van der Waals surface area contributed by atoms with Crippen molar-refractivity contribution in [3.05, 3.63) is 46.5 Å². The van der Waals surface area contributed by atoms with Crippen molar-refractivity contribution in [2.75, 3.05) is 0 Å². The van der Waals surface area contributed by atoms with E-state index in [0.717, 1.165) is 5.39 Å². The summed E-state index contributed by atoms with van der Waals surface area (Å²) in [5.41, 5.74) is -0.219. The topological polar surface area (TPSA) is 52.4 Å². The van der Waals surface area contributed by atoms with Gasteiger partial charge in [-0.25, -0.2) is 0 Å². The van der Waals surface area contributed by atoms with E-state index in [9.17, 15) is 10.1 Å². The largest absolute Gasteiger partial charge is 0.488 e. The molecule has 2 rings (SSSR count). The second kappa shape index (κ2) is 4.29. The molecule has 0 saturated carbocycles. The minimum Gasteiger partial charge on any atom is -0.488 e. The van der Waals surface area contributed by atoms with E-state index in [4.69, 9.17) is 4.74 Å². The SMILES string of the molecule is CC(C)(C)Oc1ccc2cccc([N+](=O)[O-])c2c1. The maximum Gasteiger partial charge on any atom is 0.277 e. The zero-order chi connectivity index (χ0) is 13.3. The summed E-state index contributed by atoms with van der Waals surface area (Å²) in [4.78, 5) is 10.6. The molecule has 0 bridgehead atoms. The Balaban J connectivity index is 2.55. The Labute approximate surface area is 105 Å². The van der Waals surface area contributed by atoms with Gasteiger partial charge in [0.1, 0.15) is 11.4 Å². The highest BCUT2D eigenvalue weighted by Gasteiger charge is 2.15. The molecule has 0 aliphatic heterocycles. The van der Waals surface area contributed by atoms with Gasteiger partial charge in [-0.2, -0.15) is 0 Å². The van der Waals surface area contributed by atoms with Crippen LogP contribution in [-0.4, -0.2) is 10.5 Å². The van der Waals surface area contributed by atoms with Crippen molar-refractivity contribution in [1.29, 1.82) is 0 Å². The molecule has 0 heterocycles. The zero-order valence-corrected chi connectivity index (χ0v) is 10.6. The molecule has 0 aromatic heterocycles. The lowest BCUT2D eigenvalue weighted by Crippen LogP contribution is -2.22. The highest BCUT2D eigenvalue weighted by Crippen LogP contribution is 2.30. The highest BCUT2D eigenvalue weighted by atomic mass is 16.6. The molecule has 94 valence electrons. The lowest BCUT2D eigenvalue weighted by atomic mass is 10.1. The molecule has 18 heavy (non-hydrogen) atoms. The summed E-state index contributed by atoms with van der Waals surface area (Å²) < 4.78 is 5.72. The first-order valence-electron chi connectivity index (χ1n) is 5.73. The van der Waals surface area contributed by atoms with Crippen LogP contribution in [0.3, 0.4) is 0 Å². The molecule has 4 nitrogen and oxygen atoms in total. The fourth-order valence-corrected chi connectivity index (χ4v) is 1.81. The van der Waals surface area contributed by atoms with Gasteiger partial charge in [0.15, 0.2) is 0 Å². The van der Waals surface area contributed by atoms with Gasteiger partial charge in [0.05, 0.1) is 10.3 Å². The predicted octanol–water partition coefficient (Wildman–Crippen LogP) is 3.93. The van der Waals surface area contributed by atoms with Gasteiger partial charge < -0.3 is 4.74 Å². The van der Waals surface area contributed by atoms with Gasteiger partial charge >= 0.3 is 0 Å². The standard InChI is InChI=1S/C14H15NO3/c1-14(2,3)18-11-8-7-10-5-4-6-13(15(16)17)12(10)9-11/h4-9H,1-3H3. The zero-order valence-electron chi connectivity index (χ0n) is 10.6. The van der Waals surface area contributed by atoms with E-state index in [0.29, 0.717) is 11.1 Å². The van der Waals surface area contributed by atoms with Crippen molar-refractivity contribution in [2.24, 2.45) is 0 Å². The van der Waals surface area contributed by atoms with Crippen LogP contribution in [0.1, 0.15) is 20.8 Å². The van der Waals surface area contributed by atoms with E-state index in [1.54, 1.807) is 12.1 Å². The number of nitro groups is 1. The molecule has 0 atom stereocenters. The average molecular weight is 245 g/mol. The normalized spacial score (nSPS) is 11.5. The van der Waals surface area contributed by atoms with Crippen LogP contribution in [0, 0.1) is 10.1 Å². The summed E-state index contributed by atoms with van der Waals surface area (Å²) >= 11 is 0. The summed E-state index contributed by atoms with van der Waals surface area (Å²) in [6.45, 7) is 5.82. The number of nitrogens with zero attached hydrogens (tertiary/aromatic N) is 1. The average Bonchev–Trinajstić information content (AvgIpc) is 2.25. The van der Waals surface area contributed by atoms with Crippen LogP contribution < -0.4 is 4.74 Å². The summed E-state index contributed by atoms with van der Waals surface area (Å²) in [5, 5.41) is 12.4. The van der Waals surface area contributed by atoms with E-state index in [2.05, 4.69) is 0 Å². The van der Waals surface area contributed by atoms with Crippen molar-refractivity contribution in [3.63, 3.8) is 0 Å². The number of hydrogen-bond donors (Lipinski definition) is 0. The van der Waals surface area contributed by atoms with Crippen molar-refractivity contribution in [1.82, 2.24) is 0 Å². The Morgan fingerprint density at radius 2 is 1.89 bits per heavy atom. The third-order valence-corrected chi connectivity index (χ3v) is 2.45. The van der Waals surface area contributed by atoms with Crippen LogP contribution in [-0.2, 0) is 0 Å². The summed E-state index contributed by atoms with van der Waals surface area (Å²) in [6, 6.07) is 10.4. The van der Waals surface area contributed by atoms with Gasteiger partial charge in [0.2, 0.25) is 0 Å². The van der Waals surface area contributed by atoms with Gasteiger partial charge in [-0.15, -0.1) is 0 Å². The molecule has 0 aliphatic carbocycles. The second-order valence-electron chi connectivity index (χ2n) is 5.13. The minimum atomic E-state index is -0.372. The van der Waals surface area contributed by atoms with E-state index in [1.807, 2.05) is 39.0 Å². The molecule has 0 unspecified atom stereocenters. The van der Waals surface area contributed by atoms with Crippen molar-refractivity contribution >= 4 is 16.5 Å². The molecule has 4 heteroatoms. The summed E-state index contributed by atoms with van der Waals surface area (Å²) in [6.07, 6.45) is 0. The molecule has 0 amide bonds. The number of non-ortho nitro benzene ring substituents is 1. The fraction of sp³-hybridized carbons (Fsp3) is 0.286. The molecular formula is C14H15NO3. The maximum absolute atomic E-state index is 11.0. The van der Waals surface area contributed by atoms with Crippen molar-refractivity contribution in [3.8, 4) is 5.75 Å². The third-order valence-electron chi connectivity index (χ3n) is 2.45. The van der Waals surface area contributed by atoms with Gasteiger partial charge in [0, 0.05) is 6.07 Å². The Kier molecular flexibility index (Phi) is 2.95. The summed E-state index contributed by atoms with van der Waals surface area (Å²) in [7, 11) is 0. The molecule has 0 N–H and O–H groups in total. The van der Waals surface area contributed by atoms with E-state index in [1.165, 1.54) is 6.07 Å². The van der Waals surface area contributed by atoms with E-state index in [-0.39, 0.29) is 16.2 Å². The van der Waals surface area contributed by atoms with E-state index < -0.39 is 0 Å². The molecule has 0 fully saturated rings. The maximum atomic E-state index is 11.0. The molecule has 2 aromatic carbocycles. The van der Waals surface area contributed by atoms with Gasteiger partial charge in [-0.05, 0) is 38.3 Å². The second-order valence-corrected chi connectivity index (χ2v) is 5.13. The first-order valence-corrected chi connectivity index (χ1v) is 5.73. The van der Waals surface area contributed by atoms with Crippen LogP contribution in [0.25, 0.3) is 10.8 Å². The molecule has 0 aliphatic rings. The lowest BCUT2D eigenvalue weighted by Gasteiger charge is -2.21. The number of hydrogen-bond acceptors (Lipinski definition) is 3.